The number of hydrogen-bond donors (Lipinski definition) is 3. The van der Waals surface area contributed by atoms with Crippen molar-refractivity contribution >= 4 is 34.1 Å². The van der Waals surface area contributed by atoms with Crippen LogP contribution in [0.2, 0.25) is 0 Å². The summed E-state index contributed by atoms with van der Waals surface area (Å²) in [4.78, 5) is 17.5. The van der Waals surface area contributed by atoms with Gasteiger partial charge in [-0.2, -0.15) is 0 Å². The van der Waals surface area contributed by atoms with Crippen molar-refractivity contribution < 1.29 is 4.79 Å². The number of carbonyl (C=O) groups is 1. The fourth-order valence-corrected chi connectivity index (χ4v) is 2.95. The molecule has 0 fully saturated rings. The standard InChI is InChI=1S/C22H24N4OS/c1-22(2,3)15-11-9-14(10-12-15)19-13-17(20(27)25-26-21(28)23-4)16-7-5-6-8-18(16)24-19/h5-13H,1-4H3,(H,25,27)(H2,23,26,28). The van der Waals surface area contributed by atoms with Gasteiger partial charge in [-0.3, -0.25) is 15.6 Å². The molecule has 0 aliphatic carbocycles. The van der Waals surface area contributed by atoms with Gasteiger partial charge in [0.25, 0.3) is 5.91 Å². The number of para-hydroxylation sites is 1. The first kappa shape index (κ1) is 19.8. The maximum Gasteiger partial charge on any atom is 0.270 e. The van der Waals surface area contributed by atoms with E-state index in [-0.39, 0.29) is 11.3 Å². The highest BCUT2D eigenvalue weighted by molar-refractivity contribution is 7.80. The average molecular weight is 393 g/mol. The molecule has 5 nitrogen and oxygen atoms in total. The number of benzene rings is 2. The number of hydrogen-bond acceptors (Lipinski definition) is 3. The van der Waals surface area contributed by atoms with Crippen molar-refractivity contribution in [2.75, 3.05) is 7.05 Å². The average Bonchev–Trinajstić information content (AvgIpc) is 2.70. The van der Waals surface area contributed by atoms with Crippen LogP contribution >= 0.6 is 12.2 Å². The molecule has 6 heteroatoms. The van der Waals surface area contributed by atoms with Crippen LogP contribution in [-0.4, -0.2) is 23.1 Å². The summed E-state index contributed by atoms with van der Waals surface area (Å²) in [6, 6.07) is 17.7. The van der Waals surface area contributed by atoms with E-state index in [1.807, 2.05) is 42.5 Å². The normalized spacial score (nSPS) is 11.1. The fourth-order valence-electron chi connectivity index (χ4n) is 2.90. The molecule has 28 heavy (non-hydrogen) atoms. The van der Waals surface area contributed by atoms with E-state index in [2.05, 4.69) is 49.1 Å². The molecular weight excluding hydrogens is 368 g/mol. The lowest BCUT2D eigenvalue weighted by Crippen LogP contribution is -2.45. The Balaban J connectivity index is 2.02. The van der Waals surface area contributed by atoms with E-state index in [1.54, 1.807) is 7.05 Å². The van der Waals surface area contributed by atoms with Crippen LogP contribution in [0.5, 0.6) is 0 Å². The maximum atomic E-state index is 12.8. The third-order valence-corrected chi connectivity index (χ3v) is 4.83. The molecule has 0 radical (unpaired) electrons. The molecule has 0 atom stereocenters. The number of nitrogens with one attached hydrogen (secondary N) is 3. The number of fused-ring (bicyclic) bond motifs is 1. The van der Waals surface area contributed by atoms with Gasteiger partial charge >= 0.3 is 0 Å². The van der Waals surface area contributed by atoms with Crippen LogP contribution in [0.25, 0.3) is 22.2 Å². The molecule has 0 aliphatic heterocycles. The second-order valence-electron chi connectivity index (χ2n) is 7.56. The molecular formula is C22H24N4OS. The minimum atomic E-state index is -0.274. The number of nitrogens with zero attached hydrogens (tertiary/aromatic N) is 1. The van der Waals surface area contributed by atoms with Crippen molar-refractivity contribution in [3.05, 3.63) is 65.7 Å². The van der Waals surface area contributed by atoms with Crippen LogP contribution in [0.15, 0.2) is 54.6 Å². The largest absolute Gasteiger partial charge is 0.364 e. The van der Waals surface area contributed by atoms with Crippen LogP contribution in [-0.2, 0) is 5.41 Å². The summed E-state index contributed by atoms with van der Waals surface area (Å²) < 4.78 is 0. The monoisotopic (exact) mass is 392 g/mol. The number of amides is 1. The molecule has 3 N–H and O–H groups in total. The summed E-state index contributed by atoms with van der Waals surface area (Å²) in [5, 5.41) is 3.88. The van der Waals surface area contributed by atoms with E-state index in [1.165, 1.54) is 5.56 Å². The van der Waals surface area contributed by atoms with Crippen LogP contribution < -0.4 is 16.2 Å². The van der Waals surface area contributed by atoms with Gasteiger partial charge in [-0.05, 0) is 35.3 Å². The Morgan fingerprint density at radius 2 is 1.68 bits per heavy atom. The summed E-state index contributed by atoms with van der Waals surface area (Å²) in [7, 11) is 1.68. The van der Waals surface area contributed by atoms with E-state index < -0.39 is 0 Å². The maximum absolute atomic E-state index is 12.8. The van der Waals surface area contributed by atoms with Crippen LogP contribution in [0, 0.1) is 0 Å². The van der Waals surface area contributed by atoms with Gasteiger partial charge in [-0.1, -0.05) is 63.2 Å². The number of thiocarbonyl (C=S) groups is 1. The zero-order valence-electron chi connectivity index (χ0n) is 16.5. The van der Waals surface area contributed by atoms with Gasteiger partial charge in [0.2, 0.25) is 0 Å². The summed E-state index contributed by atoms with van der Waals surface area (Å²) in [5.41, 5.74) is 9.65. The van der Waals surface area contributed by atoms with Crippen molar-refractivity contribution in [3.63, 3.8) is 0 Å². The summed E-state index contributed by atoms with van der Waals surface area (Å²) in [5.74, 6) is -0.274. The topological polar surface area (TPSA) is 66.0 Å². The van der Waals surface area contributed by atoms with Crippen LogP contribution in [0.4, 0.5) is 0 Å². The van der Waals surface area contributed by atoms with E-state index in [9.17, 15) is 4.79 Å². The fraction of sp³-hybridized carbons (Fsp3) is 0.227. The predicted molar refractivity (Wildman–Crippen MR) is 118 cm³/mol. The SMILES string of the molecule is CNC(=S)NNC(=O)c1cc(-c2ccc(C(C)(C)C)cc2)nc2ccccc12. The van der Waals surface area contributed by atoms with Gasteiger partial charge in [0, 0.05) is 18.0 Å². The third-order valence-electron chi connectivity index (χ3n) is 4.52. The lowest BCUT2D eigenvalue weighted by molar-refractivity contribution is 0.0945. The first-order chi connectivity index (χ1) is 13.3. The Morgan fingerprint density at radius 1 is 1.00 bits per heavy atom. The number of hydrazine groups is 1. The van der Waals surface area contributed by atoms with Gasteiger partial charge in [0.05, 0.1) is 16.8 Å². The molecule has 0 spiro atoms. The Kier molecular flexibility index (Phi) is 5.61. The third kappa shape index (κ3) is 4.28. The van der Waals surface area contributed by atoms with Crippen LogP contribution in [0.3, 0.4) is 0 Å². The minimum Gasteiger partial charge on any atom is -0.364 e. The van der Waals surface area contributed by atoms with E-state index in [0.29, 0.717) is 10.7 Å². The zero-order valence-corrected chi connectivity index (χ0v) is 17.3. The molecule has 3 aromatic rings. The quantitative estimate of drug-likeness (QED) is 0.455. The van der Waals surface area contributed by atoms with E-state index in [4.69, 9.17) is 17.2 Å². The Bertz CT molecular complexity index is 1020. The molecule has 1 heterocycles. The van der Waals surface area contributed by atoms with Gasteiger partial charge in [0.1, 0.15) is 0 Å². The predicted octanol–water partition coefficient (Wildman–Crippen LogP) is 3.94. The molecule has 3 rings (SSSR count). The first-order valence-electron chi connectivity index (χ1n) is 9.08. The van der Waals surface area contributed by atoms with Crippen molar-refractivity contribution in [2.45, 2.75) is 26.2 Å². The molecule has 0 saturated carbocycles. The van der Waals surface area contributed by atoms with Crippen LogP contribution in [0.1, 0.15) is 36.7 Å². The van der Waals surface area contributed by atoms with E-state index >= 15 is 0 Å². The minimum absolute atomic E-state index is 0.0811. The number of rotatable bonds is 2. The summed E-state index contributed by atoms with van der Waals surface area (Å²) in [6.45, 7) is 6.55. The second kappa shape index (κ2) is 7.94. The zero-order chi connectivity index (χ0) is 20.3. The molecule has 0 saturated heterocycles. The molecule has 2 aromatic carbocycles. The summed E-state index contributed by atoms with van der Waals surface area (Å²) >= 11 is 5.01. The lowest BCUT2D eigenvalue weighted by Gasteiger charge is -2.19. The smallest absolute Gasteiger partial charge is 0.270 e. The second-order valence-corrected chi connectivity index (χ2v) is 7.97. The Labute approximate surface area is 170 Å². The number of aromatic nitrogens is 1. The molecule has 1 amide bonds. The molecule has 1 aromatic heterocycles. The Hall–Kier alpha value is -2.99. The molecule has 0 aliphatic rings. The highest BCUT2D eigenvalue weighted by Gasteiger charge is 2.16. The van der Waals surface area contributed by atoms with Crippen molar-refractivity contribution in [1.82, 2.24) is 21.2 Å². The number of pyridine rings is 1. The lowest BCUT2D eigenvalue weighted by atomic mass is 9.86. The highest BCUT2D eigenvalue weighted by Crippen LogP contribution is 2.28. The van der Waals surface area contributed by atoms with Gasteiger partial charge in [0.15, 0.2) is 5.11 Å². The van der Waals surface area contributed by atoms with E-state index in [0.717, 1.165) is 22.2 Å². The van der Waals surface area contributed by atoms with Crippen molar-refractivity contribution in [1.29, 1.82) is 0 Å². The summed E-state index contributed by atoms with van der Waals surface area (Å²) in [6.07, 6.45) is 0. The van der Waals surface area contributed by atoms with Gasteiger partial charge in [-0.15, -0.1) is 0 Å². The molecule has 144 valence electrons. The Morgan fingerprint density at radius 3 is 2.32 bits per heavy atom. The van der Waals surface area contributed by atoms with Gasteiger partial charge < -0.3 is 5.32 Å². The molecule has 0 bridgehead atoms. The number of carbonyl (C=O) groups excluding carboxylic acids is 1. The molecule has 0 unspecified atom stereocenters. The highest BCUT2D eigenvalue weighted by atomic mass is 32.1. The first-order valence-corrected chi connectivity index (χ1v) is 9.49. The van der Waals surface area contributed by atoms with Crippen molar-refractivity contribution in [2.24, 2.45) is 0 Å². The van der Waals surface area contributed by atoms with Gasteiger partial charge in [-0.25, -0.2) is 4.98 Å². The van der Waals surface area contributed by atoms with Crippen molar-refractivity contribution in [3.8, 4) is 11.3 Å².